The Kier molecular flexibility index (Phi) is 6.28. The smallest absolute Gasteiger partial charge is 0.271 e. The molecular weight excluding hydrogens is 577 g/mol. The van der Waals surface area contributed by atoms with E-state index in [2.05, 4.69) is 41.1 Å². The van der Waals surface area contributed by atoms with E-state index in [1.165, 1.54) is 29.0 Å². The average molecular weight is 602 g/mol. The number of hydrogen-bond donors (Lipinski definition) is 0. The van der Waals surface area contributed by atoms with Gasteiger partial charge in [-0.15, -0.1) is 0 Å². The molecule has 0 fully saturated rings. The van der Waals surface area contributed by atoms with Crippen LogP contribution in [0.2, 0.25) is 5.02 Å². The summed E-state index contributed by atoms with van der Waals surface area (Å²) < 4.78 is 18.6. The molecule has 1 atom stereocenters. The second kappa shape index (κ2) is 10.3. The van der Waals surface area contributed by atoms with Crippen molar-refractivity contribution in [3.8, 4) is 0 Å². The zero-order valence-corrected chi connectivity index (χ0v) is 24.6. The molecule has 7 heteroatoms. The minimum absolute atomic E-state index is 0.0913. The molecule has 0 unspecified atom stereocenters. The van der Waals surface area contributed by atoms with Gasteiger partial charge in [-0.25, -0.2) is 9.38 Å². The summed E-state index contributed by atoms with van der Waals surface area (Å²) in [6.45, 7) is 0.617. The highest BCUT2D eigenvalue weighted by molar-refractivity contribution is 7.07. The number of benzene rings is 4. The van der Waals surface area contributed by atoms with Gasteiger partial charge in [-0.3, -0.25) is 9.36 Å². The molecule has 0 radical (unpaired) electrons. The van der Waals surface area contributed by atoms with Gasteiger partial charge in [0.05, 0.1) is 16.3 Å². The lowest BCUT2D eigenvalue weighted by Crippen LogP contribution is -2.38. The van der Waals surface area contributed by atoms with Crippen molar-refractivity contribution >= 4 is 45.6 Å². The molecule has 0 bridgehead atoms. The maximum absolute atomic E-state index is 14.2. The van der Waals surface area contributed by atoms with E-state index in [1.54, 1.807) is 16.7 Å². The van der Waals surface area contributed by atoms with E-state index in [9.17, 15) is 9.18 Å². The van der Waals surface area contributed by atoms with E-state index in [-0.39, 0.29) is 17.4 Å². The first kappa shape index (κ1) is 26.1. The number of aryl methyl sites for hydroxylation is 1. The monoisotopic (exact) mass is 601 g/mol. The number of aromatic nitrogens is 2. The molecular formula is C36H25ClFN3OS. The fraction of sp³-hybridized carbons (Fsp3) is 0.111. The van der Waals surface area contributed by atoms with Gasteiger partial charge in [0, 0.05) is 39.8 Å². The Morgan fingerprint density at radius 1 is 0.930 bits per heavy atom. The molecule has 4 nitrogen and oxygen atoms in total. The van der Waals surface area contributed by atoms with Crippen molar-refractivity contribution in [2.24, 2.45) is 4.99 Å². The van der Waals surface area contributed by atoms with E-state index < -0.39 is 0 Å². The van der Waals surface area contributed by atoms with Crippen LogP contribution in [0, 0.1) is 5.82 Å². The van der Waals surface area contributed by atoms with Crippen molar-refractivity contribution in [3.63, 3.8) is 0 Å². The van der Waals surface area contributed by atoms with Crippen LogP contribution < -0.4 is 14.9 Å². The molecule has 1 aliphatic heterocycles. The topological polar surface area (TPSA) is 39.3 Å². The molecule has 0 saturated heterocycles. The van der Waals surface area contributed by atoms with Crippen molar-refractivity contribution in [3.05, 3.63) is 167 Å². The Balaban J connectivity index is 1.32. The van der Waals surface area contributed by atoms with Crippen molar-refractivity contribution in [2.75, 3.05) is 0 Å². The van der Waals surface area contributed by atoms with Crippen LogP contribution in [0.5, 0.6) is 0 Å². The third kappa shape index (κ3) is 4.41. The summed E-state index contributed by atoms with van der Waals surface area (Å²) in [5.41, 5.74) is 8.24. The molecule has 1 aliphatic carbocycles. The lowest BCUT2D eigenvalue weighted by Gasteiger charge is -2.30. The lowest BCUT2D eigenvalue weighted by molar-refractivity contribution is 0.581. The molecule has 6 aromatic rings. The summed E-state index contributed by atoms with van der Waals surface area (Å²) in [6.07, 6.45) is 5.73. The first-order chi connectivity index (χ1) is 21.0. The highest BCUT2D eigenvalue weighted by Crippen LogP contribution is 2.41. The second-order valence-corrected chi connectivity index (χ2v) is 12.4. The number of para-hydroxylation sites is 1. The maximum atomic E-state index is 14.2. The van der Waals surface area contributed by atoms with Crippen LogP contribution in [0.25, 0.3) is 22.7 Å². The van der Waals surface area contributed by atoms with Crippen LogP contribution in [-0.4, -0.2) is 9.13 Å². The Bertz CT molecular complexity index is 2280. The van der Waals surface area contributed by atoms with E-state index in [0.29, 0.717) is 15.9 Å². The highest BCUT2D eigenvalue weighted by atomic mass is 35.5. The fourth-order valence-electron chi connectivity index (χ4n) is 6.44. The number of hydrogen-bond acceptors (Lipinski definition) is 3. The van der Waals surface area contributed by atoms with Crippen LogP contribution in [-0.2, 0) is 13.0 Å². The normalized spacial score (nSPS) is 16.1. The molecule has 3 heterocycles. The minimum Gasteiger partial charge on any atom is -0.342 e. The third-order valence-electron chi connectivity index (χ3n) is 8.46. The van der Waals surface area contributed by atoms with Crippen molar-refractivity contribution < 1.29 is 4.39 Å². The maximum Gasteiger partial charge on any atom is 0.271 e. The van der Waals surface area contributed by atoms with Gasteiger partial charge in [-0.1, -0.05) is 95.7 Å². The van der Waals surface area contributed by atoms with Crippen LogP contribution in [0.4, 0.5) is 4.39 Å². The van der Waals surface area contributed by atoms with Gasteiger partial charge in [0.25, 0.3) is 5.56 Å². The van der Waals surface area contributed by atoms with Gasteiger partial charge < -0.3 is 4.57 Å². The molecule has 210 valence electrons. The Hall–Kier alpha value is -4.52. The predicted octanol–water partition coefficient (Wildman–Crippen LogP) is 7.11. The first-order valence-electron chi connectivity index (χ1n) is 14.2. The number of halogens is 2. The summed E-state index contributed by atoms with van der Waals surface area (Å²) in [7, 11) is 0. The largest absolute Gasteiger partial charge is 0.342 e. The number of rotatable bonds is 4. The summed E-state index contributed by atoms with van der Waals surface area (Å²) in [5.74, 6) is -0.299. The SMILES string of the molecule is O=c1/c(=C\c2cn(Cc3ccccc3Cl)c3ccccc23)sc2n1[C@H](c1ccc(F)cc1)C1=C(N=2)c2ccccc2CC1. The molecule has 0 saturated carbocycles. The first-order valence-corrected chi connectivity index (χ1v) is 15.4. The molecule has 43 heavy (non-hydrogen) atoms. The summed E-state index contributed by atoms with van der Waals surface area (Å²) in [6, 6.07) is 30.6. The molecule has 0 spiro atoms. The average Bonchev–Trinajstić information content (AvgIpc) is 3.54. The highest BCUT2D eigenvalue weighted by Gasteiger charge is 2.32. The molecule has 4 aromatic carbocycles. The lowest BCUT2D eigenvalue weighted by atomic mass is 9.83. The minimum atomic E-state index is -0.344. The number of fused-ring (bicyclic) bond motifs is 4. The number of allylic oxidation sites excluding steroid dienone is 1. The Labute approximate surface area is 256 Å². The predicted molar refractivity (Wildman–Crippen MR) is 172 cm³/mol. The Morgan fingerprint density at radius 2 is 1.70 bits per heavy atom. The second-order valence-electron chi connectivity index (χ2n) is 11.0. The molecule has 0 amide bonds. The zero-order valence-electron chi connectivity index (χ0n) is 23.0. The van der Waals surface area contributed by atoms with Gasteiger partial charge in [0.2, 0.25) is 0 Å². The van der Waals surface area contributed by atoms with E-state index in [1.807, 2.05) is 48.5 Å². The summed E-state index contributed by atoms with van der Waals surface area (Å²) in [4.78, 5) is 20.0. The van der Waals surface area contributed by atoms with Gasteiger partial charge in [0.15, 0.2) is 4.80 Å². The van der Waals surface area contributed by atoms with Crippen LogP contribution >= 0.6 is 22.9 Å². The van der Waals surface area contributed by atoms with E-state index >= 15 is 0 Å². The van der Waals surface area contributed by atoms with Crippen LogP contribution in [0.15, 0.2) is 119 Å². The van der Waals surface area contributed by atoms with Gasteiger partial charge in [-0.05, 0) is 65.4 Å². The van der Waals surface area contributed by atoms with Gasteiger partial charge >= 0.3 is 0 Å². The van der Waals surface area contributed by atoms with Crippen molar-refractivity contribution in [2.45, 2.75) is 25.4 Å². The fourth-order valence-corrected chi connectivity index (χ4v) is 7.63. The molecule has 8 rings (SSSR count). The molecule has 0 N–H and O–H groups in total. The van der Waals surface area contributed by atoms with Gasteiger partial charge in [-0.2, -0.15) is 0 Å². The number of thiazole rings is 1. The van der Waals surface area contributed by atoms with Crippen molar-refractivity contribution in [1.82, 2.24) is 9.13 Å². The standard InChI is InChI=1S/C36H25ClFN3OS/c37-30-11-5-2-8-24(30)20-40-21-25(27-9-4-6-12-31(27)40)19-32-35(42)41-34(23-13-16-26(38)17-14-23)29-18-15-22-7-1-3-10-28(22)33(29)39-36(41)43-32/h1-14,16-17,19,21,34H,15,18,20H2/b32-19+/t34-/m1/s1. The summed E-state index contributed by atoms with van der Waals surface area (Å²) >= 11 is 7.90. The van der Waals surface area contributed by atoms with Crippen LogP contribution in [0.3, 0.4) is 0 Å². The van der Waals surface area contributed by atoms with Gasteiger partial charge in [0.1, 0.15) is 5.82 Å². The zero-order chi connectivity index (χ0) is 29.1. The number of nitrogens with zero attached hydrogens (tertiary/aromatic N) is 3. The van der Waals surface area contributed by atoms with E-state index in [4.69, 9.17) is 16.6 Å². The molecule has 2 aliphatic rings. The Morgan fingerprint density at radius 3 is 2.56 bits per heavy atom. The van der Waals surface area contributed by atoms with E-state index in [0.717, 1.165) is 62.3 Å². The van der Waals surface area contributed by atoms with Crippen molar-refractivity contribution in [1.29, 1.82) is 0 Å². The van der Waals surface area contributed by atoms with Crippen LogP contribution in [0.1, 0.15) is 40.3 Å². The quantitative estimate of drug-likeness (QED) is 0.212. The molecule has 2 aromatic heterocycles. The summed E-state index contributed by atoms with van der Waals surface area (Å²) in [5, 5.41) is 1.78. The third-order valence-corrected chi connectivity index (χ3v) is 9.81.